The Bertz CT molecular complexity index is 895. The van der Waals surface area contributed by atoms with Gasteiger partial charge in [-0.15, -0.1) is 0 Å². The number of alkyl halides is 3. The molecule has 25 heavy (non-hydrogen) atoms. The van der Waals surface area contributed by atoms with E-state index in [4.69, 9.17) is 0 Å². The van der Waals surface area contributed by atoms with Crippen LogP contribution in [0.3, 0.4) is 0 Å². The van der Waals surface area contributed by atoms with Gasteiger partial charge in [0, 0.05) is 11.1 Å². The number of rotatable bonds is 2. The van der Waals surface area contributed by atoms with E-state index < -0.39 is 23.3 Å². The molecule has 0 N–H and O–H groups in total. The Labute approximate surface area is 142 Å². The minimum atomic E-state index is -4.51. The number of fused-ring (bicyclic) bond motifs is 1. The van der Waals surface area contributed by atoms with Crippen molar-refractivity contribution < 1.29 is 18.0 Å². The van der Waals surface area contributed by atoms with E-state index in [1.165, 1.54) is 11.0 Å². The van der Waals surface area contributed by atoms with Gasteiger partial charge in [0.15, 0.2) is 0 Å². The molecule has 1 atom stereocenters. The van der Waals surface area contributed by atoms with Crippen LogP contribution in [0.15, 0.2) is 48.5 Å². The zero-order valence-corrected chi connectivity index (χ0v) is 13.0. The lowest BCUT2D eigenvalue weighted by Crippen LogP contribution is -2.38. The number of carbonyl (C=O) groups is 1. The summed E-state index contributed by atoms with van der Waals surface area (Å²) in [6.07, 6.45) is -3.12. The van der Waals surface area contributed by atoms with Crippen molar-refractivity contribution in [3.63, 3.8) is 0 Å². The van der Waals surface area contributed by atoms with Crippen LogP contribution in [-0.4, -0.2) is 10.8 Å². The minimum Gasteiger partial charge on any atom is -0.309 e. The predicted molar refractivity (Wildman–Crippen MR) is 83.3 cm³/mol. The first-order valence-electron chi connectivity index (χ1n) is 7.88. The molecule has 0 saturated heterocycles. The number of hydrogen-bond donors (Lipinski definition) is 0. The summed E-state index contributed by atoms with van der Waals surface area (Å²) in [6.45, 7) is 0. The van der Waals surface area contributed by atoms with Crippen LogP contribution in [0.1, 0.15) is 45.9 Å². The second-order valence-corrected chi connectivity index (χ2v) is 6.40. The van der Waals surface area contributed by atoms with Gasteiger partial charge in [-0.05, 0) is 36.6 Å². The van der Waals surface area contributed by atoms with Crippen molar-refractivity contribution in [2.75, 3.05) is 0 Å². The predicted octanol–water partition coefficient (Wildman–Crippen LogP) is 4.42. The average Bonchev–Trinajstić information content (AvgIpc) is 3.35. The number of hydrogen-bond acceptors (Lipinski definition) is 2. The van der Waals surface area contributed by atoms with Gasteiger partial charge in [-0.3, -0.25) is 4.79 Å². The summed E-state index contributed by atoms with van der Waals surface area (Å²) in [7, 11) is 0. The lowest BCUT2D eigenvalue weighted by Gasteiger charge is -2.31. The van der Waals surface area contributed by atoms with E-state index in [1.54, 1.807) is 0 Å². The number of amides is 1. The Morgan fingerprint density at radius 1 is 1.12 bits per heavy atom. The number of benzene rings is 2. The average molecular weight is 342 g/mol. The molecule has 4 rings (SSSR count). The maximum Gasteiger partial charge on any atom is 0.416 e. The highest BCUT2D eigenvalue weighted by molar-refractivity contribution is 6.00. The van der Waals surface area contributed by atoms with E-state index in [-0.39, 0.29) is 17.0 Å². The molecule has 3 nitrogen and oxygen atoms in total. The lowest BCUT2D eigenvalue weighted by molar-refractivity contribution is -0.137. The topological polar surface area (TPSA) is 44.1 Å². The number of nitrogens with zero attached hydrogens (tertiary/aromatic N) is 2. The van der Waals surface area contributed by atoms with Crippen LogP contribution in [0, 0.1) is 11.3 Å². The van der Waals surface area contributed by atoms with Crippen molar-refractivity contribution in [3.05, 3.63) is 70.8 Å². The summed E-state index contributed by atoms with van der Waals surface area (Å²) in [5, 5.41) is 9.61. The summed E-state index contributed by atoms with van der Waals surface area (Å²) < 4.78 is 39.0. The maximum atomic E-state index is 13.0. The smallest absolute Gasteiger partial charge is 0.309 e. The highest BCUT2D eigenvalue weighted by Crippen LogP contribution is 2.56. The molecule has 1 fully saturated rings. The summed E-state index contributed by atoms with van der Waals surface area (Å²) in [5.74, 6) is -0.378. The zero-order chi connectivity index (χ0) is 17.8. The fourth-order valence-corrected chi connectivity index (χ4v) is 3.65. The molecule has 1 amide bonds. The van der Waals surface area contributed by atoms with Gasteiger partial charge in [0.1, 0.15) is 6.04 Å². The van der Waals surface area contributed by atoms with Gasteiger partial charge in [0.2, 0.25) is 0 Å². The summed E-state index contributed by atoms with van der Waals surface area (Å²) in [5.41, 5.74) is -0.208. The molecule has 0 bridgehead atoms. The van der Waals surface area contributed by atoms with Gasteiger partial charge in [0.25, 0.3) is 5.91 Å². The van der Waals surface area contributed by atoms with Gasteiger partial charge in [-0.25, -0.2) is 0 Å². The Balaban J connectivity index is 1.82. The Morgan fingerprint density at radius 3 is 2.36 bits per heavy atom. The van der Waals surface area contributed by atoms with Crippen LogP contribution >= 0.6 is 0 Å². The second kappa shape index (κ2) is 5.09. The van der Waals surface area contributed by atoms with E-state index >= 15 is 0 Å². The highest BCUT2D eigenvalue weighted by atomic mass is 19.4. The van der Waals surface area contributed by atoms with Crippen molar-refractivity contribution in [2.24, 2.45) is 0 Å². The van der Waals surface area contributed by atoms with E-state index in [9.17, 15) is 23.2 Å². The molecule has 2 aliphatic rings. The highest BCUT2D eigenvalue weighted by Gasteiger charge is 2.57. The van der Waals surface area contributed by atoms with Crippen molar-refractivity contribution in [2.45, 2.75) is 30.6 Å². The third-order valence-corrected chi connectivity index (χ3v) is 5.00. The summed E-state index contributed by atoms with van der Waals surface area (Å²) >= 11 is 0. The quantitative estimate of drug-likeness (QED) is 0.811. The number of carbonyl (C=O) groups excluding carboxylic acids is 1. The van der Waals surface area contributed by atoms with Crippen LogP contribution < -0.4 is 0 Å². The monoisotopic (exact) mass is 342 g/mol. The molecule has 2 aromatic carbocycles. The van der Waals surface area contributed by atoms with Crippen LogP contribution in [0.5, 0.6) is 0 Å². The zero-order valence-electron chi connectivity index (χ0n) is 13.0. The Morgan fingerprint density at radius 2 is 1.80 bits per heavy atom. The molecule has 1 saturated carbocycles. The number of nitriles is 1. The van der Waals surface area contributed by atoms with Gasteiger partial charge in [0.05, 0.1) is 17.2 Å². The standard InChI is InChI=1S/C19H13F3N2O/c20-19(21,22)13-6-7-14-15(10-13)16(11-23)24(17(14)25)18(8-9-18)12-4-2-1-3-5-12/h1-7,10,16H,8-9H2. The molecule has 6 heteroatoms. The molecule has 2 aromatic rings. The van der Waals surface area contributed by atoms with Gasteiger partial charge < -0.3 is 4.90 Å². The number of halogens is 3. The molecule has 0 aromatic heterocycles. The molecule has 1 aliphatic heterocycles. The molecule has 1 aliphatic carbocycles. The third kappa shape index (κ3) is 2.23. The van der Waals surface area contributed by atoms with Crippen LogP contribution in [-0.2, 0) is 11.7 Å². The van der Waals surface area contributed by atoms with E-state index in [0.717, 1.165) is 17.7 Å². The first-order valence-corrected chi connectivity index (χ1v) is 7.88. The molecule has 0 radical (unpaired) electrons. The lowest BCUT2D eigenvalue weighted by atomic mass is 10.00. The van der Waals surface area contributed by atoms with Crippen molar-refractivity contribution in [1.29, 1.82) is 5.26 Å². The fourth-order valence-electron chi connectivity index (χ4n) is 3.65. The third-order valence-electron chi connectivity index (χ3n) is 5.00. The SMILES string of the molecule is N#CC1c2cc(C(F)(F)F)ccc2C(=O)N1C1(c2ccccc2)CC1. The minimum absolute atomic E-state index is 0.143. The molecule has 1 unspecified atom stereocenters. The Hall–Kier alpha value is -2.81. The molecule has 1 heterocycles. The molecule has 126 valence electrons. The van der Waals surface area contributed by atoms with Crippen molar-refractivity contribution >= 4 is 5.91 Å². The van der Waals surface area contributed by atoms with Gasteiger partial charge in [-0.1, -0.05) is 30.3 Å². The van der Waals surface area contributed by atoms with E-state index in [1.807, 2.05) is 36.4 Å². The van der Waals surface area contributed by atoms with Crippen molar-refractivity contribution in [1.82, 2.24) is 4.90 Å². The molecular weight excluding hydrogens is 329 g/mol. The van der Waals surface area contributed by atoms with Gasteiger partial charge in [-0.2, -0.15) is 18.4 Å². The van der Waals surface area contributed by atoms with E-state index in [2.05, 4.69) is 0 Å². The van der Waals surface area contributed by atoms with Crippen molar-refractivity contribution in [3.8, 4) is 6.07 Å². The van der Waals surface area contributed by atoms with Crippen LogP contribution in [0.2, 0.25) is 0 Å². The normalized spacial score (nSPS) is 21.0. The Kier molecular flexibility index (Phi) is 3.20. The second-order valence-electron chi connectivity index (χ2n) is 6.40. The first kappa shape index (κ1) is 15.7. The molecular formula is C19H13F3N2O. The summed E-state index contributed by atoms with van der Waals surface area (Å²) in [4.78, 5) is 14.3. The largest absolute Gasteiger partial charge is 0.416 e. The van der Waals surface area contributed by atoms with E-state index in [0.29, 0.717) is 12.8 Å². The maximum absolute atomic E-state index is 13.0. The first-order chi connectivity index (χ1) is 11.9. The van der Waals surface area contributed by atoms with Gasteiger partial charge >= 0.3 is 6.18 Å². The summed E-state index contributed by atoms with van der Waals surface area (Å²) in [6, 6.07) is 13.4. The fraction of sp³-hybridized carbons (Fsp3) is 0.263. The van der Waals surface area contributed by atoms with Crippen LogP contribution in [0.4, 0.5) is 13.2 Å². The van der Waals surface area contributed by atoms with Crippen LogP contribution in [0.25, 0.3) is 0 Å². The molecule has 0 spiro atoms.